The molecule has 1 heterocycles. The van der Waals surface area contributed by atoms with Gasteiger partial charge in [0.2, 0.25) is 5.91 Å². The lowest BCUT2D eigenvalue weighted by atomic mass is 10.2. The average molecular weight is 152 g/mol. The molecule has 11 heavy (non-hydrogen) atoms. The molecule has 0 saturated carbocycles. The van der Waals surface area contributed by atoms with Gasteiger partial charge in [0.15, 0.2) is 0 Å². The van der Waals surface area contributed by atoms with Crippen LogP contribution in [0.3, 0.4) is 0 Å². The lowest BCUT2D eigenvalue weighted by Crippen LogP contribution is -2.11. The van der Waals surface area contributed by atoms with Gasteiger partial charge in [0.1, 0.15) is 0 Å². The summed E-state index contributed by atoms with van der Waals surface area (Å²) in [5, 5.41) is 8.65. The van der Waals surface area contributed by atoms with Crippen molar-refractivity contribution in [1.82, 2.24) is 4.98 Å². The molecule has 0 saturated heterocycles. The van der Waals surface area contributed by atoms with Crippen LogP contribution in [-0.2, 0) is 6.61 Å². The molecule has 0 atom stereocenters. The molecule has 4 heteroatoms. The van der Waals surface area contributed by atoms with E-state index in [2.05, 4.69) is 4.98 Å². The molecule has 0 aliphatic carbocycles. The van der Waals surface area contributed by atoms with Crippen molar-refractivity contribution in [2.24, 2.45) is 5.73 Å². The highest BCUT2D eigenvalue weighted by Crippen LogP contribution is 2.00. The molecule has 4 nitrogen and oxygen atoms in total. The van der Waals surface area contributed by atoms with E-state index >= 15 is 0 Å². The van der Waals surface area contributed by atoms with E-state index in [1.54, 1.807) is 0 Å². The van der Waals surface area contributed by atoms with E-state index < -0.39 is 5.91 Å². The van der Waals surface area contributed by atoms with Crippen molar-refractivity contribution in [3.05, 3.63) is 29.6 Å². The molecule has 1 rings (SSSR count). The Morgan fingerprint density at radius 1 is 1.64 bits per heavy atom. The third kappa shape index (κ3) is 1.75. The highest BCUT2D eigenvalue weighted by atomic mass is 16.3. The van der Waals surface area contributed by atoms with E-state index in [-0.39, 0.29) is 6.61 Å². The van der Waals surface area contributed by atoms with Crippen LogP contribution in [0.2, 0.25) is 0 Å². The number of nitrogens with two attached hydrogens (primary N) is 1. The number of aliphatic hydroxyl groups excluding tert-OH is 1. The number of hydrogen-bond donors (Lipinski definition) is 2. The number of carbonyl (C=O) groups excluding carboxylic acids is 1. The molecule has 0 aromatic carbocycles. The Morgan fingerprint density at radius 3 is 2.91 bits per heavy atom. The van der Waals surface area contributed by atoms with Crippen LogP contribution >= 0.6 is 0 Å². The summed E-state index contributed by atoms with van der Waals surface area (Å²) in [5.74, 6) is -0.534. The normalized spacial score (nSPS) is 9.55. The van der Waals surface area contributed by atoms with Gasteiger partial charge in [-0.15, -0.1) is 0 Å². The Bertz CT molecular complexity index is 273. The fraction of sp³-hybridized carbons (Fsp3) is 0.143. The van der Waals surface area contributed by atoms with E-state index in [9.17, 15) is 4.79 Å². The van der Waals surface area contributed by atoms with Gasteiger partial charge < -0.3 is 10.8 Å². The minimum atomic E-state index is -0.534. The number of hydrogen-bond acceptors (Lipinski definition) is 3. The monoisotopic (exact) mass is 152 g/mol. The average Bonchev–Trinajstić information content (AvgIpc) is 2.05. The predicted molar refractivity (Wildman–Crippen MR) is 38.7 cm³/mol. The molecule has 0 bridgehead atoms. The summed E-state index contributed by atoms with van der Waals surface area (Å²) in [6, 6.07) is 1.51. The number of rotatable bonds is 2. The van der Waals surface area contributed by atoms with E-state index in [0.717, 1.165) is 0 Å². The van der Waals surface area contributed by atoms with Crippen molar-refractivity contribution in [1.29, 1.82) is 0 Å². The Kier molecular flexibility index (Phi) is 2.18. The zero-order valence-electron chi connectivity index (χ0n) is 5.82. The van der Waals surface area contributed by atoms with Gasteiger partial charge in [-0.25, -0.2) is 0 Å². The molecule has 3 N–H and O–H groups in total. The first-order chi connectivity index (χ1) is 5.24. The zero-order valence-corrected chi connectivity index (χ0v) is 5.82. The fourth-order valence-corrected chi connectivity index (χ4v) is 0.709. The number of carbonyl (C=O) groups is 1. The third-order valence-corrected chi connectivity index (χ3v) is 1.26. The van der Waals surface area contributed by atoms with Crippen LogP contribution in [0.25, 0.3) is 0 Å². The smallest absolute Gasteiger partial charge is 0.250 e. The van der Waals surface area contributed by atoms with E-state index in [1.807, 2.05) is 0 Å². The lowest BCUT2D eigenvalue weighted by Gasteiger charge is -1.96. The number of pyridine rings is 1. The second kappa shape index (κ2) is 3.12. The van der Waals surface area contributed by atoms with Gasteiger partial charge >= 0.3 is 0 Å². The molecule has 0 unspecified atom stereocenters. The van der Waals surface area contributed by atoms with Crippen molar-refractivity contribution in [3.8, 4) is 0 Å². The molecule has 0 fully saturated rings. The summed E-state index contributed by atoms with van der Waals surface area (Å²) in [5.41, 5.74) is 5.88. The molecule has 1 aromatic heterocycles. The first kappa shape index (κ1) is 7.68. The van der Waals surface area contributed by atoms with Gasteiger partial charge in [-0.05, 0) is 11.6 Å². The number of aromatic nitrogens is 1. The van der Waals surface area contributed by atoms with Crippen LogP contribution in [0.5, 0.6) is 0 Å². The van der Waals surface area contributed by atoms with E-state index in [4.69, 9.17) is 10.8 Å². The number of nitrogens with zero attached hydrogens (tertiary/aromatic N) is 1. The SMILES string of the molecule is NC(=O)c1cncc(CO)c1. The zero-order chi connectivity index (χ0) is 8.27. The largest absolute Gasteiger partial charge is 0.392 e. The molecule has 0 radical (unpaired) electrons. The van der Waals surface area contributed by atoms with Crippen LogP contribution in [0, 0.1) is 0 Å². The van der Waals surface area contributed by atoms with Crippen LogP contribution in [0.4, 0.5) is 0 Å². The second-order valence-electron chi connectivity index (χ2n) is 2.10. The number of amides is 1. The Labute approximate surface area is 63.7 Å². The van der Waals surface area contributed by atoms with Gasteiger partial charge in [-0.2, -0.15) is 0 Å². The third-order valence-electron chi connectivity index (χ3n) is 1.26. The van der Waals surface area contributed by atoms with Crippen LogP contribution < -0.4 is 5.73 Å². The molecule has 0 aliphatic heterocycles. The van der Waals surface area contributed by atoms with Gasteiger partial charge in [-0.1, -0.05) is 0 Å². The minimum absolute atomic E-state index is 0.131. The Balaban J connectivity index is 3.01. The van der Waals surface area contributed by atoms with Crippen LogP contribution in [-0.4, -0.2) is 16.0 Å². The molecule has 1 amide bonds. The first-order valence-electron chi connectivity index (χ1n) is 3.08. The number of aliphatic hydroxyl groups is 1. The van der Waals surface area contributed by atoms with Gasteiger partial charge in [-0.3, -0.25) is 9.78 Å². The van der Waals surface area contributed by atoms with Gasteiger partial charge in [0, 0.05) is 12.4 Å². The van der Waals surface area contributed by atoms with Crippen molar-refractivity contribution in [3.63, 3.8) is 0 Å². The highest BCUT2D eigenvalue weighted by molar-refractivity contribution is 5.92. The standard InChI is InChI=1S/C7H8N2O2/c8-7(11)6-1-5(4-10)2-9-3-6/h1-3,10H,4H2,(H2,8,11). The fourth-order valence-electron chi connectivity index (χ4n) is 0.709. The molecule has 58 valence electrons. The summed E-state index contributed by atoms with van der Waals surface area (Å²) in [6.07, 6.45) is 2.84. The molecule has 0 spiro atoms. The summed E-state index contributed by atoms with van der Waals surface area (Å²) < 4.78 is 0. The van der Waals surface area contributed by atoms with Crippen molar-refractivity contribution >= 4 is 5.91 Å². The van der Waals surface area contributed by atoms with E-state index in [1.165, 1.54) is 18.5 Å². The van der Waals surface area contributed by atoms with Crippen LogP contribution in [0.1, 0.15) is 15.9 Å². The summed E-state index contributed by atoms with van der Waals surface area (Å²) in [7, 11) is 0. The molecule has 0 aliphatic rings. The Hall–Kier alpha value is -1.42. The number of primary amides is 1. The maximum Gasteiger partial charge on any atom is 0.250 e. The molecular formula is C7H8N2O2. The first-order valence-corrected chi connectivity index (χ1v) is 3.08. The predicted octanol–water partition coefficient (Wildman–Crippen LogP) is -0.327. The van der Waals surface area contributed by atoms with E-state index in [0.29, 0.717) is 11.1 Å². The minimum Gasteiger partial charge on any atom is -0.392 e. The topological polar surface area (TPSA) is 76.2 Å². The molecule has 1 aromatic rings. The Morgan fingerprint density at radius 2 is 2.36 bits per heavy atom. The van der Waals surface area contributed by atoms with Crippen molar-refractivity contribution < 1.29 is 9.90 Å². The van der Waals surface area contributed by atoms with Gasteiger partial charge in [0.25, 0.3) is 0 Å². The maximum atomic E-state index is 10.6. The molecular weight excluding hydrogens is 144 g/mol. The van der Waals surface area contributed by atoms with Crippen molar-refractivity contribution in [2.75, 3.05) is 0 Å². The summed E-state index contributed by atoms with van der Waals surface area (Å²) >= 11 is 0. The lowest BCUT2D eigenvalue weighted by molar-refractivity contribution is 0.1000. The highest BCUT2D eigenvalue weighted by Gasteiger charge is 2.00. The van der Waals surface area contributed by atoms with Crippen molar-refractivity contribution in [2.45, 2.75) is 6.61 Å². The quantitative estimate of drug-likeness (QED) is 0.609. The summed E-state index contributed by atoms with van der Waals surface area (Å²) in [4.78, 5) is 14.3. The summed E-state index contributed by atoms with van der Waals surface area (Å²) in [6.45, 7) is -0.131. The maximum absolute atomic E-state index is 10.6. The van der Waals surface area contributed by atoms with Gasteiger partial charge in [0.05, 0.1) is 12.2 Å². The van der Waals surface area contributed by atoms with Crippen LogP contribution in [0.15, 0.2) is 18.5 Å². The second-order valence-corrected chi connectivity index (χ2v) is 2.10.